The van der Waals surface area contributed by atoms with Crippen molar-refractivity contribution >= 4 is 65.2 Å². The first-order valence-electron chi connectivity index (χ1n) is 21.7. The van der Waals surface area contributed by atoms with Crippen LogP contribution in [-0.2, 0) is 0 Å². The lowest BCUT2D eigenvalue weighted by molar-refractivity contribution is 1.07. The van der Waals surface area contributed by atoms with Gasteiger partial charge in [0.05, 0.1) is 27.8 Å². The number of nitrogens with zero attached hydrogens (tertiary/aromatic N) is 5. The summed E-state index contributed by atoms with van der Waals surface area (Å²) in [6.45, 7) is 0. The van der Waals surface area contributed by atoms with Crippen molar-refractivity contribution < 1.29 is 0 Å². The van der Waals surface area contributed by atoms with E-state index >= 15 is 0 Å². The molecule has 0 unspecified atom stereocenters. The predicted molar refractivity (Wildman–Crippen MR) is 265 cm³/mol. The molecule has 13 rings (SSSR count). The number of aromatic nitrogens is 5. The zero-order chi connectivity index (χ0) is 42.1. The predicted octanol–water partition coefficient (Wildman–Crippen LogP) is 15.0. The third-order valence-corrected chi connectivity index (χ3v) is 12.7. The van der Waals surface area contributed by atoms with Crippen LogP contribution in [0.3, 0.4) is 0 Å². The van der Waals surface area contributed by atoms with Gasteiger partial charge in [-0.25, -0.2) is 15.0 Å². The second-order valence-electron chi connectivity index (χ2n) is 16.5. The van der Waals surface area contributed by atoms with Gasteiger partial charge in [-0.1, -0.05) is 182 Å². The molecule has 0 aliphatic rings. The fourth-order valence-corrected chi connectivity index (χ4v) is 9.67. The van der Waals surface area contributed by atoms with Crippen molar-refractivity contribution in [3.05, 3.63) is 224 Å². The van der Waals surface area contributed by atoms with E-state index in [0.29, 0.717) is 17.5 Å². The summed E-state index contributed by atoms with van der Waals surface area (Å²) in [4.78, 5) is 15.5. The molecule has 3 aromatic heterocycles. The molecule has 0 N–H and O–H groups in total. The summed E-state index contributed by atoms with van der Waals surface area (Å²) in [6.07, 6.45) is 0. The van der Waals surface area contributed by atoms with Gasteiger partial charge in [0, 0.05) is 43.9 Å². The van der Waals surface area contributed by atoms with Gasteiger partial charge in [0.25, 0.3) is 0 Å². The highest BCUT2D eigenvalue weighted by Crippen LogP contribution is 2.41. The van der Waals surface area contributed by atoms with Crippen LogP contribution in [0.2, 0.25) is 0 Å². The highest BCUT2D eigenvalue weighted by molar-refractivity contribution is 6.15. The van der Waals surface area contributed by atoms with Crippen LogP contribution in [0.5, 0.6) is 0 Å². The van der Waals surface area contributed by atoms with Gasteiger partial charge in [-0.3, -0.25) is 0 Å². The summed E-state index contributed by atoms with van der Waals surface area (Å²) in [6, 6.07) is 80.0. The van der Waals surface area contributed by atoms with Crippen LogP contribution in [0.4, 0.5) is 0 Å². The van der Waals surface area contributed by atoms with Gasteiger partial charge >= 0.3 is 0 Å². The van der Waals surface area contributed by atoms with E-state index in [1.807, 2.05) is 18.2 Å². The standard InChI is InChI=1S/C59H37N5/c1-2-15-41(16-3-1)57-60-58(42-28-25-40(26-29-42)45-30-27-38-13-4-6-17-43(38)35-45)62-59(61-57)46-32-34-50-48-19-8-11-23-53(48)64(55(50)37-46)54-24-12-21-51-49-20-9-10-22-52(49)63(56(51)54)47-33-31-39-14-5-7-18-44(39)36-47/h1-37H. The normalized spacial score (nSPS) is 11.8. The van der Waals surface area contributed by atoms with E-state index in [1.165, 1.54) is 43.3 Å². The molecule has 13 aromatic rings. The van der Waals surface area contributed by atoms with Crippen LogP contribution in [0.25, 0.3) is 122 Å². The molecule has 10 aromatic carbocycles. The molecule has 0 fully saturated rings. The largest absolute Gasteiger partial charge is 0.307 e. The second kappa shape index (κ2) is 14.5. The first-order chi connectivity index (χ1) is 31.7. The van der Waals surface area contributed by atoms with Gasteiger partial charge in [-0.2, -0.15) is 0 Å². The van der Waals surface area contributed by atoms with Crippen LogP contribution in [0.1, 0.15) is 0 Å². The maximum atomic E-state index is 5.23. The molecule has 0 radical (unpaired) electrons. The maximum Gasteiger partial charge on any atom is 0.164 e. The quantitative estimate of drug-likeness (QED) is 0.168. The zero-order valence-corrected chi connectivity index (χ0v) is 34.6. The zero-order valence-electron chi connectivity index (χ0n) is 34.6. The molecule has 64 heavy (non-hydrogen) atoms. The first-order valence-corrected chi connectivity index (χ1v) is 21.7. The topological polar surface area (TPSA) is 48.5 Å². The highest BCUT2D eigenvalue weighted by Gasteiger charge is 2.21. The molecule has 3 heterocycles. The number of hydrogen-bond donors (Lipinski definition) is 0. The van der Waals surface area contributed by atoms with Gasteiger partial charge in [0.1, 0.15) is 0 Å². The lowest BCUT2D eigenvalue weighted by Gasteiger charge is -2.15. The molecule has 0 bridgehead atoms. The van der Waals surface area contributed by atoms with E-state index in [-0.39, 0.29) is 0 Å². The van der Waals surface area contributed by atoms with Crippen molar-refractivity contribution in [2.24, 2.45) is 0 Å². The van der Waals surface area contributed by atoms with Crippen LogP contribution < -0.4 is 0 Å². The van der Waals surface area contributed by atoms with Crippen LogP contribution in [-0.4, -0.2) is 24.1 Å². The van der Waals surface area contributed by atoms with Crippen LogP contribution >= 0.6 is 0 Å². The second-order valence-corrected chi connectivity index (χ2v) is 16.5. The molecule has 0 spiro atoms. The Labute approximate surface area is 368 Å². The Balaban J connectivity index is 1.01. The lowest BCUT2D eigenvalue weighted by atomic mass is 10.00. The monoisotopic (exact) mass is 815 g/mol. The first kappa shape index (κ1) is 36.0. The highest BCUT2D eigenvalue weighted by atomic mass is 15.1. The van der Waals surface area contributed by atoms with Crippen molar-refractivity contribution in [3.63, 3.8) is 0 Å². The Morgan fingerprint density at radius 2 is 0.766 bits per heavy atom. The lowest BCUT2D eigenvalue weighted by Crippen LogP contribution is -2.02. The molecule has 298 valence electrons. The molecule has 0 aliphatic heterocycles. The Hall–Kier alpha value is -8.67. The molecule has 5 heteroatoms. The molecule has 0 atom stereocenters. The SMILES string of the molecule is c1ccc(-c2nc(-c3ccc(-c4ccc5ccccc5c4)cc3)nc(-c3ccc4c5ccccc5n(-c5cccc6c7ccccc7n(-c7ccc8ccccc8c7)c56)c4c3)n2)cc1. The smallest absolute Gasteiger partial charge is 0.164 e. The summed E-state index contributed by atoms with van der Waals surface area (Å²) in [5, 5.41) is 9.63. The Morgan fingerprint density at radius 3 is 1.50 bits per heavy atom. The number of fused-ring (bicyclic) bond motifs is 8. The minimum Gasteiger partial charge on any atom is -0.307 e. The Morgan fingerprint density at radius 1 is 0.266 bits per heavy atom. The van der Waals surface area contributed by atoms with E-state index in [4.69, 9.17) is 15.0 Å². The average Bonchev–Trinajstić information content (AvgIpc) is 3.89. The number of benzene rings is 10. The third-order valence-electron chi connectivity index (χ3n) is 12.7. The number of rotatable bonds is 6. The maximum absolute atomic E-state index is 5.23. The van der Waals surface area contributed by atoms with Crippen molar-refractivity contribution in [2.45, 2.75) is 0 Å². The Bertz CT molecular complexity index is 3950. The minimum atomic E-state index is 0.615. The Kier molecular flexibility index (Phi) is 8.15. The molecular weight excluding hydrogens is 779 g/mol. The minimum absolute atomic E-state index is 0.615. The van der Waals surface area contributed by atoms with E-state index in [0.717, 1.165) is 61.1 Å². The van der Waals surface area contributed by atoms with Crippen molar-refractivity contribution in [1.82, 2.24) is 24.1 Å². The van der Waals surface area contributed by atoms with E-state index < -0.39 is 0 Å². The molecule has 5 nitrogen and oxygen atoms in total. The summed E-state index contributed by atoms with van der Waals surface area (Å²) >= 11 is 0. The summed E-state index contributed by atoms with van der Waals surface area (Å²) < 4.78 is 4.87. The average molecular weight is 816 g/mol. The van der Waals surface area contributed by atoms with Crippen molar-refractivity contribution in [1.29, 1.82) is 0 Å². The molecule has 0 saturated carbocycles. The van der Waals surface area contributed by atoms with Crippen molar-refractivity contribution in [2.75, 3.05) is 0 Å². The molecule has 0 amide bonds. The fraction of sp³-hybridized carbons (Fsp3) is 0. The molecule has 0 aliphatic carbocycles. The van der Waals surface area contributed by atoms with E-state index in [1.54, 1.807) is 0 Å². The van der Waals surface area contributed by atoms with Gasteiger partial charge in [-0.05, 0) is 75.1 Å². The van der Waals surface area contributed by atoms with Crippen LogP contribution in [0, 0.1) is 0 Å². The van der Waals surface area contributed by atoms with E-state index in [2.05, 4.69) is 215 Å². The van der Waals surface area contributed by atoms with Crippen LogP contribution in [0.15, 0.2) is 224 Å². The summed E-state index contributed by atoms with van der Waals surface area (Å²) in [5.74, 6) is 1.87. The number of para-hydroxylation sites is 3. The van der Waals surface area contributed by atoms with Gasteiger partial charge < -0.3 is 9.13 Å². The van der Waals surface area contributed by atoms with Gasteiger partial charge in [-0.15, -0.1) is 0 Å². The molecule has 0 saturated heterocycles. The third kappa shape index (κ3) is 5.83. The van der Waals surface area contributed by atoms with Crippen molar-refractivity contribution in [3.8, 4) is 56.7 Å². The number of hydrogen-bond acceptors (Lipinski definition) is 3. The van der Waals surface area contributed by atoms with Gasteiger partial charge in [0.15, 0.2) is 17.5 Å². The van der Waals surface area contributed by atoms with Gasteiger partial charge in [0.2, 0.25) is 0 Å². The summed E-state index contributed by atoms with van der Waals surface area (Å²) in [7, 11) is 0. The van der Waals surface area contributed by atoms with E-state index in [9.17, 15) is 0 Å². The fourth-order valence-electron chi connectivity index (χ4n) is 9.67. The molecular formula is C59H37N5. The summed E-state index contributed by atoms with van der Waals surface area (Å²) in [5.41, 5.74) is 11.8.